The van der Waals surface area contributed by atoms with Crippen LogP contribution in [0.1, 0.15) is 35.5 Å². The van der Waals surface area contributed by atoms with E-state index in [1.165, 1.54) is 5.56 Å². The molecule has 1 heterocycles. The first-order chi connectivity index (χ1) is 8.99. The van der Waals surface area contributed by atoms with Crippen LogP contribution in [0.4, 0.5) is 0 Å². The molecular weight excluding hydrogens is 238 g/mol. The van der Waals surface area contributed by atoms with Crippen molar-refractivity contribution >= 4 is 5.91 Å². The largest absolute Gasteiger partial charge is 0.350 e. The molecule has 0 bridgehead atoms. The number of rotatable bonds is 3. The summed E-state index contributed by atoms with van der Waals surface area (Å²) in [6, 6.07) is 8.17. The fraction of sp³-hybridized carbons (Fsp3) is 0.333. The van der Waals surface area contributed by atoms with Gasteiger partial charge in [-0.05, 0) is 45.4 Å². The summed E-state index contributed by atoms with van der Waals surface area (Å²) in [4.78, 5) is 12.0. The van der Waals surface area contributed by atoms with E-state index in [9.17, 15) is 4.79 Å². The number of benzene rings is 1. The molecule has 2 aromatic rings. The van der Waals surface area contributed by atoms with E-state index in [-0.39, 0.29) is 11.9 Å². The summed E-state index contributed by atoms with van der Waals surface area (Å²) in [6.45, 7) is 7.83. The first kappa shape index (κ1) is 13.3. The third-order valence-electron chi connectivity index (χ3n) is 2.92. The average molecular weight is 257 g/mol. The van der Waals surface area contributed by atoms with Crippen LogP contribution in [0, 0.1) is 13.8 Å². The predicted molar refractivity (Wildman–Crippen MR) is 75.6 cm³/mol. The number of nitrogens with zero attached hydrogens (tertiary/aromatic N) is 2. The lowest BCUT2D eigenvalue weighted by Gasteiger charge is -2.09. The van der Waals surface area contributed by atoms with E-state index in [1.54, 1.807) is 10.9 Å². The van der Waals surface area contributed by atoms with Gasteiger partial charge in [0.1, 0.15) is 0 Å². The molecule has 0 aliphatic carbocycles. The van der Waals surface area contributed by atoms with Crippen LogP contribution in [-0.2, 0) is 0 Å². The predicted octanol–water partition coefficient (Wildman–Crippen LogP) is 2.63. The van der Waals surface area contributed by atoms with Crippen molar-refractivity contribution in [1.82, 2.24) is 15.1 Å². The quantitative estimate of drug-likeness (QED) is 0.918. The zero-order valence-electron chi connectivity index (χ0n) is 11.8. The van der Waals surface area contributed by atoms with Crippen molar-refractivity contribution < 1.29 is 4.79 Å². The molecule has 0 atom stereocenters. The first-order valence-corrected chi connectivity index (χ1v) is 6.41. The second-order valence-corrected chi connectivity index (χ2v) is 5.02. The summed E-state index contributed by atoms with van der Waals surface area (Å²) in [5.41, 5.74) is 3.61. The highest BCUT2D eigenvalue weighted by molar-refractivity contribution is 5.95. The summed E-state index contributed by atoms with van der Waals surface area (Å²) in [5.74, 6) is -0.0774. The third kappa shape index (κ3) is 2.84. The highest BCUT2D eigenvalue weighted by atomic mass is 16.1. The normalized spacial score (nSPS) is 10.8. The molecule has 1 amide bonds. The number of amides is 1. The summed E-state index contributed by atoms with van der Waals surface area (Å²) in [6.07, 6.45) is 1.62. The van der Waals surface area contributed by atoms with Crippen molar-refractivity contribution in [2.75, 3.05) is 0 Å². The highest BCUT2D eigenvalue weighted by Gasteiger charge is 2.15. The first-order valence-electron chi connectivity index (χ1n) is 6.41. The maximum absolute atomic E-state index is 12.0. The lowest BCUT2D eigenvalue weighted by atomic mass is 10.2. The van der Waals surface area contributed by atoms with Crippen molar-refractivity contribution in [3.05, 3.63) is 47.3 Å². The summed E-state index contributed by atoms with van der Waals surface area (Å²) in [5, 5.41) is 7.20. The van der Waals surface area contributed by atoms with Gasteiger partial charge in [0.25, 0.3) is 5.91 Å². The van der Waals surface area contributed by atoms with E-state index >= 15 is 0 Å². The third-order valence-corrected chi connectivity index (χ3v) is 2.92. The number of aromatic nitrogens is 2. The Morgan fingerprint density at radius 3 is 2.68 bits per heavy atom. The Hall–Kier alpha value is -2.10. The minimum atomic E-state index is -0.0774. The van der Waals surface area contributed by atoms with E-state index in [0.29, 0.717) is 5.56 Å². The van der Waals surface area contributed by atoms with Crippen molar-refractivity contribution in [1.29, 1.82) is 0 Å². The smallest absolute Gasteiger partial charge is 0.254 e. The van der Waals surface area contributed by atoms with Gasteiger partial charge in [-0.1, -0.05) is 12.1 Å². The minimum Gasteiger partial charge on any atom is -0.350 e. The highest BCUT2D eigenvalue weighted by Crippen LogP contribution is 2.15. The Balaban J connectivity index is 2.35. The molecule has 0 fully saturated rings. The lowest BCUT2D eigenvalue weighted by Crippen LogP contribution is -2.30. The molecule has 1 aromatic heterocycles. The zero-order chi connectivity index (χ0) is 14.0. The minimum absolute atomic E-state index is 0.0774. The van der Waals surface area contributed by atoms with E-state index in [2.05, 4.69) is 10.4 Å². The van der Waals surface area contributed by atoms with Gasteiger partial charge in [-0.15, -0.1) is 0 Å². The van der Waals surface area contributed by atoms with Gasteiger partial charge in [0.05, 0.1) is 23.1 Å². The molecule has 1 aromatic carbocycles. The van der Waals surface area contributed by atoms with Gasteiger partial charge in [0.2, 0.25) is 0 Å². The molecule has 100 valence electrons. The molecule has 0 unspecified atom stereocenters. The molecule has 0 saturated carbocycles. The van der Waals surface area contributed by atoms with E-state index in [4.69, 9.17) is 0 Å². The summed E-state index contributed by atoms with van der Waals surface area (Å²) >= 11 is 0. The topological polar surface area (TPSA) is 46.9 Å². The van der Waals surface area contributed by atoms with Crippen LogP contribution in [0.5, 0.6) is 0 Å². The molecule has 0 aliphatic rings. The van der Waals surface area contributed by atoms with Gasteiger partial charge >= 0.3 is 0 Å². The zero-order valence-corrected chi connectivity index (χ0v) is 11.8. The van der Waals surface area contributed by atoms with Gasteiger partial charge in [0.15, 0.2) is 0 Å². The van der Waals surface area contributed by atoms with Crippen LogP contribution in [0.15, 0.2) is 30.5 Å². The molecule has 0 aliphatic heterocycles. The van der Waals surface area contributed by atoms with Crippen molar-refractivity contribution in [2.24, 2.45) is 0 Å². The van der Waals surface area contributed by atoms with E-state index in [1.807, 2.05) is 52.0 Å². The van der Waals surface area contributed by atoms with Gasteiger partial charge in [-0.25, -0.2) is 4.68 Å². The molecular formula is C15H19N3O. The molecule has 19 heavy (non-hydrogen) atoms. The van der Waals surface area contributed by atoms with Crippen molar-refractivity contribution in [2.45, 2.75) is 33.7 Å². The summed E-state index contributed by atoms with van der Waals surface area (Å²) < 4.78 is 1.79. The van der Waals surface area contributed by atoms with E-state index < -0.39 is 0 Å². The van der Waals surface area contributed by atoms with Gasteiger partial charge in [-0.3, -0.25) is 4.79 Å². The van der Waals surface area contributed by atoms with Crippen molar-refractivity contribution in [3.63, 3.8) is 0 Å². The van der Waals surface area contributed by atoms with Gasteiger partial charge in [-0.2, -0.15) is 5.10 Å². The Morgan fingerprint density at radius 1 is 1.32 bits per heavy atom. The maximum Gasteiger partial charge on any atom is 0.254 e. The van der Waals surface area contributed by atoms with Crippen LogP contribution >= 0.6 is 0 Å². The maximum atomic E-state index is 12.0. The standard InChI is InChI=1S/C15H19N3O/c1-10(2)17-15(19)14-9-16-18(12(14)4)13-7-5-6-11(3)8-13/h5-10H,1-4H3,(H,17,19). The van der Waals surface area contributed by atoms with Gasteiger partial charge < -0.3 is 5.32 Å². The molecule has 4 heteroatoms. The van der Waals surface area contributed by atoms with Crippen LogP contribution in [0.3, 0.4) is 0 Å². The Labute approximate surface area is 113 Å². The van der Waals surface area contributed by atoms with Crippen LogP contribution in [0.25, 0.3) is 5.69 Å². The molecule has 0 radical (unpaired) electrons. The lowest BCUT2D eigenvalue weighted by molar-refractivity contribution is 0.0942. The number of hydrogen-bond acceptors (Lipinski definition) is 2. The Morgan fingerprint density at radius 2 is 2.05 bits per heavy atom. The molecule has 2 rings (SSSR count). The number of aryl methyl sites for hydroxylation is 1. The number of nitrogens with one attached hydrogen (secondary N) is 1. The molecule has 4 nitrogen and oxygen atoms in total. The van der Waals surface area contributed by atoms with Crippen LogP contribution in [0.2, 0.25) is 0 Å². The Bertz CT molecular complexity index is 599. The fourth-order valence-electron chi connectivity index (χ4n) is 1.99. The van der Waals surface area contributed by atoms with Crippen molar-refractivity contribution in [3.8, 4) is 5.69 Å². The van der Waals surface area contributed by atoms with Crippen LogP contribution in [-0.4, -0.2) is 21.7 Å². The molecule has 0 spiro atoms. The second-order valence-electron chi connectivity index (χ2n) is 5.02. The van der Waals surface area contributed by atoms with E-state index in [0.717, 1.165) is 11.4 Å². The van der Waals surface area contributed by atoms with Gasteiger partial charge in [0, 0.05) is 6.04 Å². The molecule has 1 N–H and O–H groups in total. The number of carbonyl (C=O) groups excluding carboxylic acids is 1. The fourth-order valence-corrected chi connectivity index (χ4v) is 1.99. The van der Waals surface area contributed by atoms with Crippen LogP contribution < -0.4 is 5.32 Å². The SMILES string of the molecule is Cc1cccc(-n2ncc(C(=O)NC(C)C)c2C)c1. The second kappa shape index (κ2) is 5.26. The monoisotopic (exact) mass is 257 g/mol. The average Bonchev–Trinajstić information content (AvgIpc) is 2.70. The molecule has 0 saturated heterocycles. The number of hydrogen-bond donors (Lipinski definition) is 1. The summed E-state index contributed by atoms with van der Waals surface area (Å²) in [7, 11) is 0. The number of carbonyl (C=O) groups is 1. The Kier molecular flexibility index (Phi) is 3.69.